The zero-order valence-electron chi connectivity index (χ0n) is 10.1. The Morgan fingerprint density at radius 3 is 2.67 bits per heavy atom. The second-order valence-electron chi connectivity index (χ2n) is 3.74. The first-order valence-corrected chi connectivity index (χ1v) is 6.74. The van der Waals surface area contributed by atoms with E-state index in [2.05, 4.69) is 16.9 Å². The summed E-state index contributed by atoms with van der Waals surface area (Å²) in [6.07, 6.45) is 0. The minimum atomic E-state index is -0.436. The van der Waals surface area contributed by atoms with Crippen LogP contribution in [0.2, 0.25) is 0 Å². The molecule has 1 heterocycles. The number of ether oxygens (including phenoxy) is 1. The zero-order chi connectivity index (χ0) is 12.8. The smallest absolute Gasteiger partial charge is 0.373 e. The minimum Gasteiger partial charge on any atom is -0.463 e. The van der Waals surface area contributed by atoms with Gasteiger partial charge < -0.3 is 9.15 Å². The Kier molecular flexibility index (Phi) is 4.47. The fourth-order valence-corrected chi connectivity index (χ4v) is 2.40. The zero-order valence-corrected chi connectivity index (χ0v) is 10.9. The SMILES string of the molecule is COC(=O)c1ccc(CSCc2ccccc2)o1. The number of hydrogen-bond acceptors (Lipinski definition) is 4. The summed E-state index contributed by atoms with van der Waals surface area (Å²) in [5, 5.41) is 0. The second-order valence-corrected chi connectivity index (χ2v) is 4.72. The van der Waals surface area contributed by atoms with Gasteiger partial charge in [0.05, 0.1) is 12.9 Å². The highest BCUT2D eigenvalue weighted by Crippen LogP contribution is 2.19. The fraction of sp³-hybridized carbons (Fsp3) is 0.214. The molecular formula is C14H14O3S. The quantitative estimate of drug-likeness (QED) is 0.773. The fourth-order valence-electron chi connectivity index (χ4n) is 1.51. The van der Waals surface area contributed by atoms with Gasteiger partial charge in [-0.3, -0.25) is 0 Å². The van der Waals surface area contributed by atoms with Crippen LogP contribution in [0.4, 0.5) is 0 Å². The van der Waals surface area contributed by atoms with Crippen molar-refractivity contribution in [2.24, 2.45) is 0 Å². The van der Waals surface area contributed by atoms with Gasteiger partial charge >= 0.3 is 5.97 Å². The molecule has 2 rings (SSSR count). The molecular weight excluding hydrogens is 248 g/mol. The standard InChI is InChI=1S/C14H14O3S/c1-16-14(15)13-8-7-12(17-13)10-18-9-11-5-3-2-4-6-11/h2-8H,9-10H2,1H3. The highest BCUT2D eigenvalue weighted by molar-refractivity contribution is 7.97. The number of benzene rings is 1. The van der Waals surface area contributed by atoms with Crippen molar-refractivity contribution >= 4 is 17.7 Å². The molecule has 2 aromatic rings. The average Bonchev–Trinajstić information content (AvgIpc) is 2.88. The van der Waals surface area contributed by atoms with Gasteiger partial charge in [-0.05, 0) is 17.7 Å². The maximum absolute atomic E-state index is 11.2. The number of thioether (sulfide) groups is 1. The minimum absolute atomic E-state index is 0.257. The molecule has 0 fully saturated rings. The normalized spacial score (nSPS) is 10.3. The predicted molar refractivity (Wildman–Crippen MR) is 71.5 cm³/mol. The van der Waals surface area contributed by atoms with Crippen LogP contribution in [0.1, 0.15) is 21.9 Å². The second kappa shape index (κ2) is 6.31. The van der Waals surface area contributed by atoms with E-state index in [0.29, 0.717) is 0 Å². The first-order chi connectivity index (χ1) is 8.79. The molecule has 18 heavy (non-hydrogen) atoms. The van der Waals surface area contributed by atoms with Crippen LogP contribution in [0.3, 0.4) is 0 Å². The van der Waals surface area contributed by atoms with Crippen molar-refractivity contribution in [1.82, 2.24) is 0 Å². The van der Waals surface area contributed by atoms with Gasteiger partial charge in [0.1, 0.15) is 5.76 Å². The molecule has 0 aliphatic carbocycles. The maximum atomic E-state index is 11.2. The summed E-state index contributed by atoms with van der Waals surface area (Å²) in [6, 6.07) is 13.7. The third-order valence-corrected chi connectivity index (χ3v) is 3.43. The summed E-state index contributed by atoms with van der Waals surface area (Å²) in [7, 11) is 1.34. The third kappa shape index (κ3) is 3.40. The monoisotopic (exact) mass is 262 g/mol. The molecule has 94 valence electrons. The molecule has 0 aliphatic heterocycles. The molecule has 0 aliphatic rings. The van der Waals surface area contributed by atoms with Crippen molar-refractivity contribution in [3.8, 4) is 0 Å². The lowest BCUT2D eigenvalue weighted by atomic mass is 10.2. The van der Waals surface area contributed by atoms with E-state index in [9.17, 15) is 4.79 Å². The summed E-state index contributed by atoms with van der Waals surface area (Å²) in [5.74, 6) is 2.28. The van der Waals surface area contributed by atoms with E-state index in [1.807, 2.05) is 24.3 Å². The maximum Gasteiger partial charge on any atom is 0.373 e. The van der Waals surface area contributed by atoms with Gasteiger partial charge in [0.15, 0.2) is 0 Å². The topological polar surface area (TPSA) is 39.4 Å². The molecule has 0 amide bonds. The Bertz CT molecular complexity index is 505. The van der Waals surface area contributed by atoms with Crippen molar-refractivity contribution < 1.29 is 13.9 Å². The van der Waals surface area contributed by atoms with Crippen LogP contribution in [0, 0.1) is 0 Å². The Hall–Kier alpha value is -1.68. The summed E-state index contributed by atoms with van der Waals surface area (Å²) >= 11 is 1.75. The van der Waals surface area contributed by atoms with Crippen LogP contribution in [-0.4, -0.2) is 13.1 Å². The van der Waals surface area contributed by atoms with Crippen LogP contribution in [-0.2, 0) is 16.2 Å². The predicted octanol–water partition coefficient (Wildman–Crippen LogP) is 3.50. The summed E-state index contributed by atoms with van der Waals surface area (Å²) < 4.78 is 9.96. The Morgan fingerprint density at radius 2 is 1.94 bits per heavy atom. The van der Waals surface area contributed by atoms with Crippen molar-refractivity contribution in [3.63, 3.8) is 0 Å². The van der Waals surface area contributed by atoms with Crippen LogP contribution >= 0.6 is 11.8 Å². The summed E-state index contributed by atoms with van der Waals surface area (Å²) in [6.45, 7) is 0. The molecule has 0 bridgehead atoms. The van der Waals surface area contributed by atoms with Crippen LogP contribution in [0.25, 0.3) is 0 Å². The van der Waals surface area contributed by atoms with E-state index in [0.717, 1.165) is 17.3 Å². The Morgan fingerprint density at radius 1 is 1.17 bits per heavy atom. The first-order valence-electron chi connectivity index (χ1n) is 5.58. The number of hydrogen-bond donors (Lipinski definition) is 0. The van der Waals surface area contributed by atoms with E-state index in [1.165, 1.54) is 12.7 Å². The molecule has 3 nitrogen and oxygen atoms in total. The number of furan rings is 1. The number of methoxy groups -OCH3 is 1. The Labute approximate surface area is 110 Å². The molecule has 1 aromatic carbocycles. The van der Waals surface area contributed by atoms with Gasteiger partial charge in [-0.1, -0.05) is 30.3 Å². The average molecular weight is 262 g/mol. The highest BCUT2D eigenvalue weighted by Gasteiger charge is 2.10. The van der Waals surface area contributed by atoms with Crippen molar-refractivity contribution in [1.29, 1.82) is 0 Å². The highest BCUT2D eigenvalue weighted by atomic mass is 32.2. The van der Waals surface area contributed by atoms with Gasteiger partial charge in [-0.15, -0.1) is 11.8 Å². The Balaban J connectivity index is 1.84. The summed E-state index contributed by atoms with van der Waals surface area (Å²) in [4.78, 5) is 11.2. The van der Waals surface area contributed by atoms with Crippen molar-refractivity contribution in [3.05, 3.63) is 59.5 Å². The molecule has 0 atom stereocenters. The molecule has 1 aromatic heterocycles. The molecule has 0 spiro atoms. The largest absolute Gasteiger partial charge is 0.463 e. The first kappa shape index (κ1) is 12.8. The van der Waals surface area contributed by atoms with Gasteiger partial charge in [-0.25, -0.2) is 4.79 Å². The van der Waals surface area contributed by atoms with Crippen LogP contribution in [0.15, 0.2) is 46.9 Å². The van der Waals surface area contributed by atoms with Crippen LogP contribution in [0.5, 0.6) is 0 Å². The van der Waals surface area contributed by atoms with Gasteiger partial charge in [0.25, 0.3) is 0 Å². The van der Waals surface area contributed by atoms with E-state index in [4.69, 9.17) is 4.42 Å². The number of carbonyl (C=O) groups excluding carboxylic acids is 1. The van der Waals surface area contributed by atoms with Gasteiger partial charge in [0.2, 0.25) is 5.76 Å². The van der Waals surface area contributed by atoms with Gasteiger partial charge in [0, 0.05) is 5.75 Å². The molecule has 0 N–H and O–H groups in total. The molecule has 0 radical (unpaired) electrons. The number of carbonyl (C=O) groups is 1. The number of esters is 1. The van der Waals surface area contributed by atoms with Crippen molar-refractivity contribution in [2.75, 3.05) is 7.11 Å². The van der Waals surface area contributed by atoms with Crippen LogP contribution < -0.4 is 0 Å². The van der Waals surface area contributed by atoms with E-state index >= 15 is 0 Å². The molecule has 0 saturated heterocycles. The van der Waals surface area contributed by atoms with E-state index in [1.54, 1.807) is 17.8 Å². The van der Waals surface area contributed by atoms with E-state index < -0.39 is 5.97 Å². The lowest BCUT2D eigenvalue weighted by Gasteiger charge is -1.99. The van der Waals surface area contributed by atoms with E-state index in [-0.39, 0.29) is 5.76 Å². The summed E-state index contributed by atoms with van der Waals surface area (Å²) in [5.41, 5.74) is 1.28. The van der Waals surface area contributed by atoms with Gasteiger partial charge in [-0.2, -0.15) is 0 Å². The lowest BCUT2D eigenvalue weighted by Crippen LogP contribution is -1.98. The number of rotatable bonds is 5. The third-order valence-electron chi connectivity index (χ3n) is 2.40. The lowest BCUT2D eigenvalue weighted by molar-refractivity contribution is 0.0563. The molecule has 0 unspecified atom stereocenters. The molecule has 4 heteroatoms. The molecule has 0 saturated carbocycles. The van der Waals surface area contributed by atoms with Crippen molar-refractivity contribution in [2.45, 2.75) is 11.5 Å².